The third-order valence-electron chi connectivity index (χ3n) is 4.23. The van der Waals surface area contributed by atoms with E-state index in [0.717, 1.165) is 16.8 Å². The van der Waals surface area contributed by atoms with Crippen LogP contribution in [0.5, 0.6) is 5.75 Å². The van der Waals surface area contributed by atoms with Gasteiger partial charge in [0.1, 0.15) is 12.4 Å². The topological polar surface area (TPSA) is 85.6 Å². The van der Waals surface area contributed by atoms with Crippen LogP contribution in [0.25, 0.3) is 0 Å². The summed E-state index contributed by atoms with van der Waals surface area (Å²) in [5.41, 5.74) is 3.71. The predicted octanol–water partition coefficient (Wildman–Crippen LogP) is 4.93. The molecule has 1 aromatic heterocycles. The zero-order valence-electron chi connectivity index (χ0n) is 15.7. The van der Waals surface area contributed by atoms with Gasteiger partial charge in [-0.15, -0.1) is 11.3 Å². The van der Waals surface area contributed by atoms with Crippen LogP contribution in [-0.4, -0.2) is 15.8 Å². The Bertz CT molecular complexity index is 1010. The molecular weight excluding hydrogens is 378 g/mol. The van der Waals surface area contributed by atoms with Crippen molar-refractivity contribution in [2.75, 3.05) is 4.90 Å². The largest absolute Gasteiger partial charge is 0.487 e. The number of ether oxygens (including phenoxy) is 1. The molecule has 0 aliphatic heterocycles. The van der Waals surface area contributed by atoms with E-state index in [-0.39, 0.29) is 18.2 Å². The summed E-state index contributed by atoms with van der Waals surface area (Å²) >= 11 is 1.36. The van der Waals surface area contributed by atoms with E-state index in [1.165, 1.54) is 30.4 Å². The van der Waals surface area contributed by atoms with Crippen molar-refractivity contribution in [2.45, 2.75) is 27.4 Å². The van der Waals surface area contributed by atoms with E-state index >= 15 is 0 Å². The fourth-order valence-electron chi connectivity index (χ4n) is 2.58. The first-order chi connectivity index (χ1) is 13.3. The molecule has 3 aromatic rings. The molecule has 3 rings (SSSR count). The van der Waals surface area contributed by atoms with Crippen LogP contribution in [0.3, 0.4) is 0 Å². The fraction of sp³-hybridized carbons (Fsp3) is 0.200. The third-order valence-corrected chi connectivity index (χ3v) is 5.10. The van der Waals surface area contributed by atoms with Crippen LogP contribution in [-0.2, 0) is 11.4 Å². The van der Waals surface area contributed by atoms with E-state index in [2.05, 4.69) is 4.98 Å². The number of aromatic nitrogens is 1. The van der Waals surface area contributed by atoms with Crippen LogP contribution in [0.1, 0.15) is 23.7 Å². The Labute approximate surface area is 166 Å². The molecule has 0 N–H and O–H groups in total. The van der Waals surface area contributed by atoms with Crippen molar-refractivity contribution in [3.05, 3.63) is 74.8 Å². The number of nitro benzene ring substituents is 1. The average Bonchev–Trinajstić information content (AvgIpc) is 3.11. The van der Waals surface area contributed by atoms with Gasteiger partial charge >= 0.3 is 0 Å². The molecule has 0 unspecified atom stereocenters. The number of carbonyl (C=O) groups excluding carboxylic acids is 1. The fourth-order valence-corrected chi connectivity index (χ4v) is 3.45. The number of anilines is 2. The van der Waals surface area contributed by atoms with Crippen molar-refractivity contribution >= 4 is 33.8 Å². The van der Waals surface area contributed by atoms with Gasteiger partial charge in [-0.3, -0.25) is 19.8 Å². The summed E-state index contributed by atoms with van der Waals surface area (Å²) in [5, 5.41) is 13.1. The quantitative estimate of drug-likeness (QED) is 0.435. The average molecular weight is 397 g/mol. The van der Waals surface area contributed by atoms with E-state index in [4.69, 9.17) is 4.74 Å². The molecule has 1 amide bonds. The van der Waals surface area contributed by atoms with Gasteiger partial charge in [0.05, 0.1) is 16.3 Å². The van der Waals surface area contributed by atoms with Crippen LogP contribution in [0, 0.1) is 24.0 Å². The van der Waals surface area contributed by atoms with Gasteiger partial charge in [0.15, 0.2) is 5.13 Å². The van der Waals surface area contributed by atoms with E-state index in [1.807, 2.05) is 37.4 Å². The minimum Gasteiger partial charge on any atom is -0.487 e. The molecule has 8 heteroatoms. The maximum atomic E-state index is 12.2. The number of hydrogen-bond donors (Lipinski definition) is 0. The number of hydrogen-bond acceptors (Lipinski definition) is 6. The first kappa shape index (κ1) is 19.5. The van der Waals surface area contributed by atoms with E-state index in [0.29, 0.717) is 16.6 Å². The molecule has 7 nitrogen and oxygen atoms in total. The van der Waals surface area contributed by atoms with Crippen LogP contribution < -0.4 is 9.64 Å². The van der Waals surface area contributed by atoms with Crippen LogP contribution in [0.4, 0.5) is 16.5 Å². The number of nitro groups is 1. The predicted molar refractivity (Wildman–Crippen MR) is 108 cm³/mol. The van der Waals surface area contributed by atoms with E-state index in [9.17, 15) is 14.9 Å². The maximum Gasteiger partial charge on any atom is 0.269 e. The van der Waals surface area contributed by atoms with Crippen LogP contribution in [0.2, 0.25) is 0 Å². The molecule has 2 aromatic carbocycles. The Hall–Kier alpha value is -3.26. The van der Waals surface area contributed by atoms with Gasteiger partial charge < -0.3 is 4.74 Å². The summed E-state index contributed by atoms with van der Waals surface area (Å²) in [5.74, 6) is 0.387. The Morgan fingerprint density at radius 1 is 1.18 bits per heavy atom. The first-order valence-electron chi connectivity index (χ1n) is 8.55. The molecule has 0 bridgehead atoms. The van der Waals surface area contributed by atoms with E-state index in [1.54, 1.807) is 17.0 Å². The summed E-state index contributed by atoms with van der Waals surface area (Å²) in [7, 11) is 0. The number of non-ortho nitro benzene ring substituents is 1. The zero-order chi connectivity index (χ0) is 20.3. The Morgan fingerprint density at radius 2 is 1.89 bits per heavy atom. The van der Waals surface area contributed by atoms with Crippen LogP contribution in [0.15, 0.2) is 47.8 Å². The first-order valence-corrected chi connectivity index (χ1v) is 9.42. The summed E-state index contributed by atoms with van der Waals surface area (Å²) in [4.78, 5) is 28.5. The van der Waals surface area contributed by atoms with Crippen molar-refractivity contribution in [3.8, 4) is 5.75 Å². The standard InChI is InChI=1S/C20H19N3O4S/c1-13-4-5-18(10-14(13)2)22(15(3)24)20-21-16(12-28-20)11-27-19-8-6-17(7-9-19)23(25)26/h4-10,12H,11H2,1-3H3. The third kappa shape index (κ3) is 4.34. The molecule has 0 saturated carbocycles. The summed E-state index contributed by atoms with van der Waals surface area (Å²) in [6.07, 6.45) is 0. The number of aryl methyl sites for hydroxylation is 2. The van der Waals surface area contributed by atoms with Crippen molar-refractivity contribution in [1.82, 2.24) is 4.98 Å². The molecule has 0 radical (unpaired) electrons. The van der Waals surface area contributed by atoms with Crippen molar-refractivity contribution < 1.29 is 14.5 Å². The van der Waals surface area contributed by atoms with E-state index < -0.39 is 4.92 Å². The maximum absolute atomic E-state index is 12.2. The molecule has 1 heterocycles. The zero-order valence-corrected chi connectivity index (χ0v) is 16.5. The van der Waals surface area contributed by atoms with Crippen molar-refractivity contribution in [3.63, 3.8) is 0 Å². The number of thiazole rings is 1. The van der Waals surface area contributed by atoms with Gasteiger partial charge in [0, 0.05) is 24.4 Å². The van der Waals surface area contributed by atoms with Gasteiger partial charge in [-0.1, -0.05) is 6.07 Å². The number of nitrogens with zero attached hydrogens (tertiary/aromatic N) is 3. The Kier molecular flexibility index (Phi) is 5.70. The monoisotopic (exact) mass is 397 g/mol. The second kappa shape index (κ2) is 8.18. The molecule has 28 heavy (non-hydrogen) atoms. The lowest BCUT2D eigenvalue weighted by Crippen LogP contribution is -2.22. The number of amides is 1. The molecule has 0 atom stereocenters. The van der Waals surface area contributed by atoms with Gasteiger partial charge in [0.25, 0.3) is 5.69 Å². The molecule has 0 fully saturated rings. The highest BCUT2D eigenvalue weighted by atomic mass is 32.1. The highest BCUT2D eigenvalue weighted by molar-refractivity contribution is 7.14. The summed E-state index contributed by atoms with van der Waals surface area (Å²) in [6.45, 7) is 5.73. The Balaban J connectivity index is 1.74. The summed E-state index contributed by atoms with van der Waals surface area (Å²) in [6, 6.07) is 11.7. The lowest BCUT2D eigenvalue weighted by Gasteiger charge is -2.19. The molecular formula is C20H19N3O4S. The highest BCUT2D eigenvalue weighted by Crippen LogP contribution is 2.30. The second-order valence-electron chi connectivity index (χ2n) is 6.28. The molecule has 0 aliphatic carbocycles. The summed E-state index contributed by atoms with van der Waals surface area (Å²) < 4.78 is 5.64. The van der Waals surface area contributed by atoms with Crippen molar-refractivity contribution in [2.24, 2.45) is 0 Å². The van der Waals surface area contributed by atoms with Gasteiger partial charge in [-0.25, -0.2) is 4.98 Å². The van der Waals surface area contributed by atoms with Crippen LogP contribution >= 0.6 is 11.3 Å². The lowest BCUT2D eigenvalue weighted by atomic mass is 10.1. The molecule has 0 aliphatic rings. The van der Waals surface area contributed by atoms with Gasteiger partial charge in [-0.05, 0) is 49.2 Å². The smallest absolute Gasteiger partial charge is 0.269 e. The normalized spacial score (nSPS) is 10.5. The Morgan fingerprint density at radius 3 is 2.50 bits per heavy atom. The van der Waals surface area contributed by atoms with Gasteiger partial charge in [0.2, 0.25) is 5.91 Å². The van der Waals surface area contributed by atoms with Gasteiger partial charge in [-0.2, -0.15) is 0 Å². The molecule has 0 saturated heterocycles. The molecule has 0 spiro atoms. The number of benzene rings is 2. The lowest BCUT2D eigenvalue weighted by molar-refractivity contribution is -0.384. The molecule has 144 valence electrons. The number of carbonyl (C=O) groups is 1. The SMILES string of the molecule is CC(=O)N(c1ccc(C)c(C)c1)c1nc(COc2ccc([N+](=O)[O-])cc2)cs1. The highest BCUT2D eigenvalue weighted by Gasteiger charge is 2.18. The van der Waals surface area contributed by atoms with Crippen molar-refractivity contribution in [1.29, 1.82) is 0 Å². The second-order valence-corrected chi connectivity index (χ2v) is 7.12. The minimum absolute atomic E-state index is 0.00814. The minimum atomic E-state index is -0.459. The number of rotatable bonds is 6.